The molecule has 1 fully saturated rings. The Morgan fingerprint density at radius 3 is 3.00 bits per heavy atom. The van der Waals surface area contributed by atoms with Gasteiger partial charge in [-0.1, -0.05) is 6.07 Å². The molecule has 0 saturated carbocycles. The summed E-state index contributed by atoms with van der Waals surface area (Å²) in [5.74, 6) is 5.36. The summed E-state index contributed by atoms with van der Waals surface area (Å²) in [7, 11) is 0. The lowest BCUT2D eigenvalue weighted by molar-refractivity contribution is -0.384. The molecule has 7 nitrogen and oxygen atoms in total. The average Bonchev–Trinajstić information content (AvgIpc) is 2.91. The molecule has 4 N–H and O–H groups in total. The molecule has 2 rings (SSSR count). The van der Waals surface area contributed by atoms with Crippen molar-refractivity contribution < 1.29 is 10.0 Å². The minimum atomic E-state index is -0.446. The van der Waals surface area contributed by atoms with Gasteiger partial charge in [0.2, 0.25) is 0 Å². The lowest BCUT2D eigenvalue weighted by Gasteiger charge is -2.24. The first kappa shape index (κ1) is 15.7. The minimum Gasteiger partial charge on any atom is -0.396 e. The van der Waals surface area contributed by atoms with Crippen LogP contribution in [0, 0.1) is 10.1 Å². The highest BCUT2D eigenvalue weighted by Gasteiger charge is 2.24. The molecule has 1 heterocycles. The fourth-order valence-electron chi connectivity index (χ4n) is 2.95. The maximum absolute atomic E-state index is 10.9. The van der Waals surface area contributed by atoms with E-state index >= 15 is 0 Å². The summed E-state index contributed by atoms with van der Waals surface area (Å²) in [6, 6.07) is 5.49. The number of anilines is 1. The van der Waals surface area contributed by atoms with Gasteiger partial charge in [-0.3, -0.25) is 20.9 Å². The molecule has 0 aromatic heterocycles. The van der Waals surface area contributed by atoms with Gasteiger partial charge < -0.3 is 10.5 Å². The maximum Gasteiger partial charge on any atom is 0.293 e. The average molecular weight is 294 g/mol. The van der Waals surface area contributed by atoms with Crippen LogP contribution in [-0.4, -0.2) is 34.1 Å². The van der Waals surface area contributed by atoms with Crippen molar-refractivity contribution in [2.24, 2.45) is 5.84 Å². The Morgan fingerprint density at radius 2 is 2.33 bits per heavy atom. The third-order valence-corrected chi connectivity index (χ3v) is 3.99. The smallest absolute Gasteiger partial charge is 0.293 e. The Bertz CT molecular complexity index is 495. The summed E-state index contributed by atoms with van der Waals surface area (Å²) in [6.45, 7) is 2.00. The highest BCUT2D eigenvalue weighted by atomic mass is 16.6. The second-order valence-electron chi connectivity index (χ2n) is 5.39. The van der Waals surface area contributed by atoms with E-state index in [1.165, 1.54) is 6.07 Å². The molecule has 1 unspecified atom stereocenters. The fraction of sp³-hybridized carbons (Fsp3) is 0.571. The van der Waals surface area contributed by atoms with E-state index in [4.69, 9.17) is 10.9 Å². The molecule has 0 amide bonds. The van der Waals surface area contributed by atoms with Crippen LogP contribution in [0.4, 0.5) is 11.4 Å². The van der Waals surface area contributed by atoms with Crippen LogP contribution in [0.5, 0.6) is 0 Å². The Balaban J connectivity index is 2.06. The number of aliphatic hydroxyl groups excluding tert-OH is 1. The number of nitrogens with one attached hydrogen (secondary N) is 1. The molecular formula is C14H22N4O3. The molecule has 0 spiro atoms. The van der Waals surface area contributed by atoms with Gasteiger partial charge in [-0.2, -0.15) is 0 Å². The minimum absolute atomic E-state index is 0.0143. The van der Waals surface area contributed by atoms with Gasteiger partial charge >= 0.3 is 0 Å². The predicted molar refractivity (Wildman–Crippen MR) is 80.7 cm³/mol. The van der Waals surface area contributed by atoms with Crippen molar-refractivity contribution >= 4 is 11.4 Å². The predicted octanol–water partition coefficient (Wildman–Crippen LogP) is 1.62. The molecule has 21 heavy (non-hydrogen) atoms. The summed E-state index contributed by atoms with van der Waals surface area (Å²) < 4.78 is 0. The number of hydrazine groups is 1. The number of nitrogens with zero attached hydrogens (tertiary/aromatic N) is 2. The van der Waals surface area contributed by atoms with Gasteiger partial charge in [0.25, 0.3) is 5.69 Å². The van der Waals surface area contributed by atoms with Crippen molar-refractivity contribution in [1.29, 1.82) is 0 Å². The SMILES string of the molecule is NNc1cc(CN2CCCC2CCCO)ccc1[N+](=O)[O-]. The van der Waals surface area contributed by atoms with Gasteiger partial charge in [0.15, 0.2) is 0 Å². The van der Waals surface area contributed by atoms with Crippen molar-refractivity contribution in [3.63, 3.8) is 0 Å². The van der Waals surface area contributed by atoms with Crippen molar-refractivity contribution in [2.45, 2.75) is 38.3 Å². The highest BCUT2D eigenvalue weighted by molar-refractivity contribution is 5.62. The molecule has 1 saturated heterocycles. The first-order chi connectivity index (χ1) is 10.2. The van der Waals surface area contributed by atoms with Gasteiger partial charge in [-0.25, -0.2) is 0 Å². The van der Waals surface area contributed by atoms with Crippen LogP contribution >= 0.6 is 0 Å². The van der Waals surface area contributed by atoms with E-state index in [0.29, 0.717) is 11.7 Å². The van der Waals surface area contributed by atoms with Crippen molar-refractivity contribution in [1.82, 2.24) is 4.90 Å². The van der Waals surface area contributed by atoms with Crippen LogP contribution in [-0.2, 0) is 6.54 Å². The Morgan fingerprint density at radius 1 is 1.52 bits per heavy atom. The number of likely N-dealkylation sites (tertiary alicyclic amines) is 1. The van der Waals surface area contributed by atoms with E-state index in [2.05, 4.69) is 10.3 Å². The maximum atomic E-state index is 10.9. The molecule has 1 atom stereocenters. The molecule has 0 bridgehead atoms. The van der Waals surface area contributed by atoms with Crippen LogP contribution in [0.2, 0.25) is 0 Å². The second kappa shape index (κ2) is 7.35. The second-order valence-corrected chi connectivity index (χ2v) is 5.39. The standard InChI is InChI=1S/C14H22N4O3/c15-16-13-9-11(5-6-14(13)18(20)21)10-17-7-1-3-12(17)4-2-8-19/h5-6,9,12,16,19H,1-4,7-8,10,15H2. The summed E-state index contributed by atoms with van der Waals surface area (Å²) in [5, 5.41) is 19.8. The van der Waals surface area contributed by atoms with E-state index in [1.54, 1.807) is 12.1 Å². The van der Waals surface area contributed by atoms with E-state index in [0.717, 1.165) is 44.3 Å². The third kappa shape index (κ3) is 3.90. The molecule has 7 heteroatoms. The van der Waals surface area contributed by atoms with E-state index in [9.17, 15) is 10.1 Å². The van der Waals surface area contributed by atoms with Crippen LogP contribution in [0.15, 0.2) is 18.2 Å². The first-order valence-electron chi connectivity index (χ1n) is 7.24. The molecule has 0 radical (unpaired) electrons. The third-order valence-electron chi connectivity index (χ3n) is 3.99. The van der Waals surface area contributed by atoms with Gasteiger partial charge in [0, 0.05) is 25.3 Å². The van der Waals surface area contributed by atoms with Crippen LogP contribution in [0.1, 0.15) is 31.2 Å². The van der Waals surface area contributed by atoms with E-state index in [1.807, 2.05) is 0 Å². The van der Waals surface area contributed by atoms with Crippen molar-refractivity contribution in [2.75, 3.05) is 18.6 Å². The van der Waals surface area contributed by atoms with E-state index in [-0.39, 0.29) is 12.3 Å². The quantitative estimate of drug-likeness (QED) is 0.401. The topological polar surface area (TPSA) is 105 Å². The molecule has 0 aliphatic carbocycles. The molecular weight excluding hydrogens is 272 g/mol. The number of hydrogen-bond donors (Lipinski definition) is 3. The Hall–Kier alpha value is -1.70. The monoisotopic (exact) mass is 294 g/mol. The number of rotatable bonds is 7. The highest BCUT2D eigenvalue weighted by Crippen LogP contribution is 2.28. The lowest BCUT2D eigenvalue weighted by atomic mass is 10.1. The Labute approximate surface area is 123 Å². The lowest BCUT2D eigenvalue weighted by Crippen LogP contribution is -2.29. The zero-order chi connectivity index (χ0) is 15.2. The fourth-order valence-corrected chi connectivity index (χ4v) is 2.95. The number of nitro benzene ring substituents is 1. The molecule has 1 aliphatic heterocycles. The molecule has 1 aromatic rings. The number of nitrogens with two attached hydrogens (primary N) is 1. The summed E-state index contributed by atoms with van der Waals surface area (Å²) in [6.07, 6.45) is 4.11. The molecule has 116 valence electrons. The van der Waals surface area contributed by atoms with Gasteiger partial charge in [-0.15, -0.1) is 0 Å². The summed E-state index contributed by atoms with van der Waals surface area (Å²) in [4.78, 5) is 12.8. The summed E-state index contributed by atoms with van der Waals surface area (Å²) in [5.41, 5.74) is 3.72. The van der Waals surface area contributed by atoms with Crippen LogP contribution < -0.4 is 11.3 Å². The van der Waals surface area contributed by atoms with E-state index < -0.39 is 4.92 Å². The number of nitrogen functional groups attached to an aromatic ring is 1. The number of nitro groups is 1. The van der Waals surface area contributed by atoms with Crippen LogP contribution in [0.25, 0.3) is 0 Å². The van der Waals surface area contributed by atoms with Crippen LogP contribution in [0.3, 0.4) is 0 Å². The summed E-state index contributed by atoms with van der Waals surface area (Å²) >= 11 is 0. The largest absolute Gasteiger partial charge is 0.396 e. The first-order valence-corrected chi connectivity index (χ1v) is 7.24. The number of benzene rings is 1. The Kier molecular flexibility index (Phi) is 5.49. The number of aliphatic hydroxyl groups is 1. The van der Waals surface area contributed by atoms with Gasteiger partial charge in [-0.05, 0) is 43.9 Å². The van der Waals surface area contributed by atoms with Crippen molar-refractivity contribution in [3.8, 4) is 0 Å². The zero-order valence-electron chi connectivity index (χ0n) is 12.0. The number of hydrogen-bond acceptors (Lipinski definition) is 6. The molecule has 1 aliphatic rings. The van der Waals surface area contributed by atoms with Gasteiger partial charge in [0.1, 0.15) is 5.69 Å². The normalized spacial score (nSPS) is 18.9. The van der Waals surface area contributed by atoms with Gasteiger partial charge in [0.05, 0.1) is 4.92 Å². The zero-order valence-corrected chi connectivity index (χ0v) is 12.0. The van der Waals surface area contributed by atoms with Crippen molar-refractivity contribution in [3.05, 3.63) is 33.9 Å². The molecule has 1 aromatic carbocycles.